The second kappa shape index (κ2) is 8.05. The summed E-state index contributed by atoms with van der Waals surface area (Å²) in [5.74, 6) is 0. The molecule has 3 aromatic rings. The van der Waals surface area contributed by atoms with Crippen molar-refractivity contribution in [2.24, 2.45) is 0 Å². The minimum atomic E-state index is -0.464. The number of hydrogen-bond donors (Lipinski definition) is 1. The predicted octanol–water partition coefficient (Wildman–Crippen LogP) is 2.85. The summed E-state index contributed by atoms with van der Waals surface area (Å²) in [7, 11) is 5.78. The topological polar surface area (TPSA) is 69.8 Å². The summed E-state index contributed by atoms with van der Waals surface area (Å²) in [6.45, 7) is 0.685. The Morgan fingerprint density at radius 2 is 1.74 bits per heavy atom. The van der Waals surface area contributed by atoms with Crippen LogP contribution >= 0.6 is 0 Å². The number of fused-ring (bicyclic) bond motifs is 1. The molecule has 1 N–H and O–H groups in total. The van der Waals surface area contributed by atoms with Gasteiger partial charge in [0.1, 0.15) is 11.2 Å². The van der Waals surface area contributed by atoms with E-state index in [0.717, 1.165) is 16.9 Å². The van der Waals surface area contributed by atoms with E-state index in [-0.39, 0.29) is 12.3 Å². The lowest BCUT2D eigenvalue weighted by atomic mass is 10.1. The van der Waals surface area contributed by atoms with Crippen molar-refractivity contribution in [3.05, 3.63) is 64.1 Å². The highest BCUT2D eigenvalue weighted by Gasteiger charge is 2.06. The maximum Gasteiger partial charge on any atom is 0.362 e. The molecule has 2 aromatic carbocycles. The van der Waals surface area contributed by atoms with Gasteiger partial charge in [-0.05, 0) is 35.9 Å². The Balaban J connectivity index is 1.84. The molecule has 0 unspecified atom stereocenters. The molecule has 27 heavy (non-hydrogen) atoms. The largest absolute Gasteiger partial charge is 0.419 e. The smallest absolute Gasteiger partial charge is 0.362 e. The maximum atomic E-state index is 12.2. The monoisotopic (exact) mass is 365 g/mol. The van der Waals surface area contributed by atoms with Gasteiger partial charge < -0.3 is 19.3 Å². The van der Waals surface area contributed by atoms with Gasteiger partial charge in [-0.3, -0.25) is 0 Å². The first-order valence-corrected chi connectivity index (χ1v) is 8.70. The lowest BCUT2D eigenvalue weighted by molar-refractivity contribution is 0.304. The highest BCUT2D eigenvalue weighted by atomic mass is 16.4. The van der Waals surface area contributed by atoms with Crippen molar-refractivity contribution in [2.45, 2.75) is 0 Å². The fourth-order valence-corrected chi connectivity index (χ4v) is 2.68. The molecule has 0 radical (unpaired) electrons. The van der Waals surface area contributed by atoms with Gasteiger partial charge in [-0.15, -0.1) is 0 Å². The van der Waals surface area contributed by atoms with Crippen LogP contribution in [0.25, 0.3) is 23.3 Å². The number of likely N-dealkylation sites (N-methyl/N-ethyl adjacent to an activating group) is 1. The Labute approximate surface area is 158 Å². The summed E-state index contributed by atoms with van der Waals surface area (Å²) in [5, 5.41) is 9.01. The average molecular weight is 365 g/mol. The summed E-state index contributed by atoms with van der Waals surface area (Å²) in [5.41, 5.74) is 3.82. The molecule has 6 nitrogen and oxygen atoms in total. The van der Waals surface area contributed by atoms with Gasteiger partial charge >= 0.3 is 5.63 Å². The molecule has 0 bridgehead atoms. The Bertz CT molecular complexity index is 1010. The van der Waals surface area contributed by atoms with Crippen molar-refractivity contribution in [1.29, 1.82) is 0 Å². The number of aromatic nitrogens is 1. The summed E-state index contributed by atoms with van der Waals surface area (Å²) < 4.78 is 5.42. The van der Waals surface area contributed by atoms with Gasteiger partial charge in [0.2, 0.25) is 0 Å². The van der Waals surface area contributed by atoms with E-state index in [0.29, 0.717) is 17.6 Å². The quantitative estimate of drug-likeness (QED) is 0.724. The molecule has 6 heteroatoms. The van der Waals surface area contributed by atoms with Gasteiger partial charge in [0, 0.05) is 45.1 Å². The first kappa shape index (κ1) is 18.7. The average Bonchev–Trinajstić information content (AvgIpc) is 2.66. The molecule has 0 atom stereocenters. The second-order valence-corrected chi connectivity index (χ2v) is 6.50. The zero-order valence-corrected chi connectivity index (χ0v) is 15.7. The van der Waals surface area contributed by atoms with Crippen molar-refractivity contribution in [3.63, 3.8) is 0 Å². The molecule has 0 amide bonds. The molecule has 0 saturated carbocycles. The van der Waals surface area contributed by atoms with Crippen molar-refractivity contribution in [2.75, 3.05) is 44.1 Å². The number of anilines is 2. The number of rotatable bonds is 6. The first-order chi connectivity index (χ1) is 13.0. The first-order valence-electron chi connectivity index (χ1n) is 8.70. The minimum absolute atomic E-state index is 0.109. The van der Waals surface area contributed by atoms with Crippen LogP contribution in [0.3, 0.4) is 0 Å². The van der Waals surface area contributed by atoms with Crippen LogP contribution in [0.2, 0.25) is 0 Å². The van der Waals surface area contributed by atoms with Crippen LogP contribution in [0.15, 0.2) is 51.7 Å². The molecular formula is C21H23N3O3. The van der Waals surface area contributed by atoms with Gasteiger partial charge in [0.25, 0.3) is 0 Å². The van der Waals surface area contributed by atoms with E-state index in [2.05, 4.69) is 4.98 Å². The fraction of sp³-hybridized carbons (Fsp3) is 0.238. The van der Waals surface area contributed by atoms with E-state index in [9.17, 15) is 4.79 Å². The van der Waals surface area contributed by atoms with Crippen molar-refractivity contribution in [3.8, 4) is 0 Å². The Morgan fingerprint density at radius 1 is 1.04 bits per heavy atom. The van der Waals surface area contributed by atoms with Crippen molar-refractivity contribution < 1.29 is 9.52 Å². The number of hydrogen-bond acceptors (Lipinski definition) is 6. The van der Waals surface area contributed by atoms with E-state index >= 15 is 0 Å². The van der Waals surface area contributed by atoms with E-state index in [1.807, 2.05) is 73.4 Å². The van der Waals surface area contributed by atoms with Gasteiger partial charge in [-0.25, -0.2) is 9.78 Å². The van der Waals surface area contributed by atoms with E-state index in [1.54, 1.807) is 12.1 Å². The third-order valence-corrected chi connectivity index (χ3v) is 4.32. The number of nitrogens with zero attached hydrogens (tertiary/aromatic N) is 3. The van der Waals surface area contributed by atoms with Gasteiger partial charge in [0.05, 0.1) is 6.61 Å². The molecule has 0 fully saturated rings. The maximum absolute atomic E-state index is 12.2. The van der Waals surface area contributed by atoms with Crippen LogP contribution < -0.4 is 15.4 Å². The molecule has 0 saturated heterocycles. The predicted molar refractivity (Wildman–Crippen MR) is 110 cm³/mol. The molecule has 0 aliphatic carbocycles. The molecule has 1 heterocycles. The molecule has 140 valence electrons. The summed E-state index contributed by atoms with van der Waals surface area (Å²) in [6.07, 6.45) is 3.49. The number of aliphatic hydroxyl groups is 1. The number of aliphatic hydroxyl groups excluding tert-OH is 1. The lowest BCUT2D eigenvalue weighted by Gasteiger charge is -2.17. The third-order valence-electron chi connectivity index (χ3n) is 4.32. The lowest BCUT2D eigenvalue weighted by Crippen LogP contribution is -2.20. The number of benzene rings is 2. The molecule has 0 aliphatic heterocycles. The zero-order chi connectivity index (χ0) is 19.4. The SMILES string of the molecule is CN(C)c1ccc2nc(C=Cc3ccc(N(C)CCO)cc3)c(=O)oc2c1. The van der Waals surface area contributed by atoms with Crippen LogP contribution in [-0.2, 0) is 0 Å². The van der Waals surface area contributed by atoms with Gasteiger partial charge in [-0.1, -0.05) is 18.2 Å². The van der Waals surface area contributed by atoms with Crippen LogP contribution in [0.1, 0.15) is 11.3 Å². The van der Waals surface area contributed by atoms with Crippen molar-refractivity contribution in [1.82, 2.24) is 4.98 Å². The standard InChI is InChI=1S/C21H23N3O3/c1-23(2)17-9-11-18-20(14-17)27-21(26)19(22-18)10-6-15-4-7-16(8-5-15)24(3)12-13-25/h4-11,14,25H,12-13H2,1-3H3. The van der Waals surface area contributed by atoms with Crippen molar-refractivity contribution >= 4 is 34.6 Å². The molecule has 0 spiro atoms. The molecule has 0 aliphatic rings. The third kappa shape index (κ3) is 4.35. The second-order valence-electron chi connectivity index (χ2n) is 6.50. The highest BCUT2D eigenvalue weighted by molar-refractivity contribution is 5.78. The fourth-order valence-electron chi connectivity index (χ4n) is 2.68. The minimum Gasteiger partial charge on any atom is -0.419 e. The summed E-state index contributed by atoms with van der Waals surface area (Å²) in [4.78, 5) is 20.5. The van der Waals surface area contributed by atoms with Crippen LogP contribution in [-0.4, -0.2) is 44.4 Å². The Kier molecular flexibility index (Phi) is 5.57. The van der Waals surface area contributed by atoms with E-state index < -0.39 is 5.63 Å². The zero-order valence-electron chi connectivity index (χ0n) is 15.7. The van der Waals surface area contributed by atoms with Gasteiger partial charge in [-0.2, -0.15) is 0 Å². The van der Waals surface area contributed by atoms with Crippen LogP contribution in [0.4, 0.5) is 11.4 Å². The normalized spacial score (nSPS) is 11.3. The Morgan fingerprint density at radius 3 is 2.41 bits per heavy atom. The van der Waals surface area contributed by atoms with Crippen LogP contribution in [0, 0.1) is 0 Å². The molecular weight excluding hydrogens is 342 g/mol. The highest BCUT2D eigenvalue weighted by Crippen LogP contribution is 2.19. The van der Waals surface area contributed by atoms with E-state index in [4.69, 9.17) is 9.52 Å². The van der Waals surface area contributed by atoms with Crippen LogP contribution in [0.5, 0.6) is 0 Å². The Hall–Kier alpha value is -3.12. The molecule has 1 aromatic heterocycles. The van der Waals surface area contributed by atoms with E-state index in [1.165, 1.54) is 0 Å². The van der Waals surface area contributed by atoms with Gasteiger partial charge in [0.15, 0.2) is 5.58 Å². The molecule has 3 rings (SSSR count). The summed E-state index contributed by atoms with van der Waals surface area (Å²) >= 11 is 0. The summed E-state index contributed by atoms with van der Waals surface area (Å²) in [6, 6.07) is 13.4.